The molecule has 0 saturated carbocycles. The molecule has 52 heavy (non-hydrogen) atoms. The Morgan fingerprint density at radius 2 is 0.731 bits per heavy atom. The molecule has 242 valence electrons. The second-order valence-corrected chi connectivity index (χ2v) is 13.7. The van der Waals surface area contributed by atoms with Crippen molar-refractivity contribution < 1.29 is 0 Å². The van der Waals surface area contributed by atoms with Gasteiger partial charge < -0.3 is 9.13 Å². The number of para-hydroxylation sites is 3. The highest BCUT2D eigenvalue weighted by Gasteiger charge is 2.20. The van der Waals surface area contributed by atoms with Crippen LogP contribution in [0.2, 0.25) is 0 Å². The molecule has 0 aliphatic carbocycles. The van der Waals surface area contributed by atoms with Crippen molar-refractivity contribution in [1.29, 1.82) is 0 Å². The van der Waals surface area contributed by atoms with Crippen molar-refractivity contribution in [3.8, 4) is 33.6 Å². The van der Waals surface area contributed by atoms with Crippen LogP contribution in [0.3, 0.4) is 0 Å². The molecule has 11 rings (SSSR count). The number of fused-ring (bicyclic) bond motifs is 8. The van der Waals surface area contributed by atoms with Gasteiger partial charge in [0.15, 0.2) is 0 Å². The van der Waals surface area contributed by atoms with Crippen molar-refractivity contribution in [2.45, 2.75) is 0 Å². The van der Waals surface area contributed by atoms with Gasteiger partial charge >= 0.3 is 0 Å². The van der Waals surface area contributed by atoms with E-state index in [4.69, 9.17) is 0 Å². The number of aromatic nitrogens is 2. The summed E-state index contributed by atoms with van der Waals surface area (Å²) in [6.45, 7) is 0. The van der Waals surface area contributed by atoms with Gasteiger partial charge in [0, 0.05) is 32.9 Å². The van der Waals surface area contributed by atoms with Crippen LogP contribution in [0.5, 0.6) is 0 Å². The van der Waals surface area contributed by atoms with Gasteiger partial charge in [-0.05, 0) is 92.3 Å². The number of nitrogens with zero attached hydrogens (tertiary/aromatic N) is 2. The van der Waals surface area contributed by atoms with Crippen molar-refractivity contribution in [2.75, 3.05) is 0 Å². The first kappa shape index (κ1) is 28.9. The first-order valence-electron chi connectivity index (χ1n) is 17.9. The van der Waals surface area contributed by atoms with Crippen molar-refractivity contribution in [2.24, 2.45) is 0 Å². The normalized spacial score (nSPS) is 11.8. The van der Waals surface area contributed by atoms with Crippen LogP contribution in [0.25, 0.3) is 98.8 Å². The molecule has 0 radical (unpaired) electrons. The summed E-state index contributed by atoms with van der Waals surface area (Å²) in [4.78, 5) is 0. The Kier molecular flexibility index (Phi) is 6.28. The summed E-state index contributed by atoms with van der Waals surface area (Å²) in [5.41, 5.74) is 12.1. The monoisotopic (exact) mass is 660 g/mol. The highest BCUT2D eigenvalue weighted by atomic mass is 15.0. The quantitative estimate of drug-likeness (QED) is 0.178. The van der Waals surface area contributed by atoms with Crippen LogP contribution in [0.4, 0.5) is 0 Å². The fourth-order valence-electron chi connectivity index (χ4n) is 8.60. The highest BCUT2D eigenvalue weighted by Crippen LogP contribution is 2.43. The molecule has 0 bridgehead atoms. The van der Waals surface area contributed by atoms with Crippen LogP contribution >= 0.6 is 0 Å². The average Bonchev–Trinajstić information content (AvgIpc) is 3.71. The first-order chi connectivity index (χ1) is 25.8. The SMILES string of the molecule is c1ccc(-n2c3ccccc3c3cc4c(cc32)c2ccc(-c3ccc(-c5cccc6ccccc56)c5ccccc35)cc2n4-c2ccccc2)cc1. The summed E-state index contributed by atoms with van der Waals surface area (Å²) >= 11 is 0. The summed E-state index contributed by atoms with van der Waals surface area (Å²) in [5, 5.41) is 10.0. The van der Waals surface area contributed by atoms with Gasteiger partial charge in [-0.2, -0.15) is 0 Å². The van der Waals surface area contributed by atoms with E-state index < -0.39 is 0 Å². The third kappa shape index (κ3) is 4.25. The maximum atomic E-state index is 2.45. The van der Waals surface area contributed by atoms with Gasteiger partial charge in [0.25, 0.3) is 0 Å². The molecular formula is C50H32N2. The van der Waals surface area contributed by atoms with Crippen molar-refractivity contribution in [1.82, 2.24) is 9.13 Å². The van der Waals surface area contributed by atoms with Crippen LogP contribution in [0.1, 0.15) is 0 Å². The third-order valence-corrected chi connectivity index (χ3v) is 10.9. The molecule has 0 fully saturated rings. The topological polar surface area (TPSA) is 9.86 Å². The van der Waals surface area contributed by atoms with Crippen molar-refractivity contribution >= 4 is 65.2 Å². The summed E-state index contributed by atoms with van der Waals surface area (Å²) in [6.07, 6.45) is 0. The summed E-state index contributed by atoms with van der Waals surface area (Å²) in [7, 11) is 0. The van der Waals surface area contributed by atoms with Crippen LogP contribution in [-0.2, 0) is 0 Å². The Morgan fingerprint density at radius 1 is 0.250 bits per heavy atom. The molecule has 0 aliphatic heterocycles. The zero-order valence-electron chi connectivity index (χ0n) is 28.4. The van der Waals surface area contributed by atoms with E-state index in [0.717, 1.165) is 5.69 Å². The lowest BCUT2D eigenvalue weighted by Gasteiger charge is -2.14. The standard InChI is InChI=1S/C50H32N2/c1-3-16-35(17-4-1)51-47-25-12-11-23-43(47)45-31-50-46(32-49(45)51)44-27-26-34(30-48(44)52(50)36-18-5-2-6-19-36)38-28-29-42(41-22-10-9-21-39(38)41)40-24-13-15-33-14-7-8-20-37(33)40/h1-32H. The summed E-state index contributed by atoms with van der Waals surface area (Å²) in [5.74, 6) is 0. The molecule has 0 atom stereocenters. The maximum Gasteiger partial charge on any atom is 0.0548 e. The zero-order valence-corrected chi connectivity index (χ0v) is 28.4. The van der Waals surface area contributed by atoms with Crippen LogP contribution < -0.4 is 0 Å². The van der Waals surface area contributed by atoms with Gasteiger partial charge in [-0.15, -0.1) is 0 Å². The third-order valence-electron chi connectivity index (χ3n) is 10.9. The number of hydrogen-bond acceptors (Lipinski definition) is 0. The largest absolute Gasteiger partial charge is 0.309 e. The minimum atomic E-state index is 1.15. The Balaban J connectivity index is 1.19. The second-order valence-electron chi connectivity index (χ2n) is 13.7. The molecule has 0 unspecified atom stereocenters. The maximum absolute atomic E-state index is 2.45. The molecule has 0 spiro atoms. The minimum absolute atomic E-state index is 1.15. The van der Waals surface area contributed by atoms with E-state index >= 15 is 0 Å². The fraction of sp³-hybridized carbons (Fsp3) is 0. The molecular weight excluding hydrogens is 629 g/mol. The van der Waals surface area contributed by atoms with Crippen LogP contribution in [-0.4, -0.2) is 9.13 Å². The predicted molar refractivity (Wildman–Crippen MR) is 221 cm³/mol. The van der Waals surface area contributed by atoms with Gasteiger partial charge in [-0.1, -0.05) is 146 Å². The lowest BCUT2D eigenvalue weighted by atomic mass is 9.90. The zero-order chi connectivity index (χ0) is 34.2. The van der Waals surface area contributed by atoms with Gasteiger partial charge in [0.1, 0.15) is 0 Å². The Labute approximate surface area is 301 Å². The van der Waals surface area contributed by atoms with E-state index in [9.17, 15) is 0 Å². The first-order valence-corrected chi connectivity index (χ1v) is 17.9. The average molecular weight is 661 g/mol. The highest BCUT2D eigenvalue weighted by molar-refractivity contribution is 6.20. The molecule has 0 saturated heterocycles. The lowest BCUT2D eigenvalue weighted by Crippen LogP contribution is -1.94. The Bertz CT molecular complexity index is 3160. The Morgan fingerprint density at radius 3 is 1.44 bits per heavy atom. The molecule has 11 aromatic rings. The van der Waals surface area contributed by atoms with Gasteiger partial charge in [-0.3, -0.25) is 0 Å². The van der Waals surface area contributed by atoms with Crippen molar-refractivity contribution in [3.63, 3.8) is 0 Å². The number of benzene rings is 9. The lowest BCUT2D eigenvalue weighted by molar-refractivity contribution is 1.17. The number of rotatable bonds is 4. The van der Waals surface area contributed by atoms with Crippen molar-refractivity contribution in [3.05, 3.63) is 194 Å². The van der Waals surface area contributed by atoms with Crippen LogP contribution in [0.15, 0.2) is 194 Å². The fourth-order valence-corrected chi connectivity index (χ4v) is 8.60. The Hall–Kier alpha value is -6.90. The van der Waals surface area contributed by atoms with E-state index in [2.05, 4.69) is 203 Å². The van der Waals surface area contributed by atoms with E-state index in [0.29, 0.717) is 0 Å². The molecule has 9 aromatic carbocycles. The van der Waals surface area contributed by atoms with E-state index in [-0.39, 0.29) is 0 Å². The molecule has 2 nitrogen and oxygen atoms in total. The molecule has 2 heterocycles. The summed E-state index contributed by atoms with van der Waals surface area (Å²) in [6, 6.07) is 71.0. The molecule has 2 heteroatoms. The van der Waals surface area contributed by atoms with E-state index in [1.165, 1.54) is 93.1 Å². The molecule has 2 aromatic heterocycles. The number of hydrogen-bond donors (Lipinski definition) is 0. The van der Waals surface area contributed by atoms with E-state index in [1.807, 2.05) is 0 Å². The van der Waals surface area contributed by atoms with Gasteiger partial charge in [-0.25, -0.2) is 0 Å². The van der Waals surface area contributed by atoms with Gasteiger partial charge in [0.05, 0.1) is 22.1 Å². The minimum Gasteiger partial charge on any atom is -0.309 e. The summed E-state index contributed by atoms with van der Waals surface area (Å²) < 4.78 is 4.86. The van der Waals surface area contributed by atoms with Gasteiger partial charge in [0.2, 0.25) is 0 Å². The molecule has 0 amide bonds. The second kappa shape index (κ2) is 11.3. The molecule has 0 aliphatic rings. The predicted octanol–water partition coefficient (Wildman–Crippen LogP) is 13.5. The van der Waals surface area contributed by atoms with E-state index in [1.54, 1.807) is 0 Å². The molecule has 0 N–H and O–H groups in total. The van der Waals surface area contributed by atoms with Crippen LogP contribution in [0, 0.1) is 0 Å². The smallest absolute Gasteiger partial charge is 0.0548 e.